The average molecular weight is 376 g/mol. The van der Waals surface area contributed by atoms with Crippen LogP contribution in [-0.4, -0.2) is 60.3 Å². The molecule has 0 aliphatic rings. The van der Waals surface area contributed by atoms with Crippen LogP contribution in [0.3, 0.4) is 0 Å². The molecule has 0 aliphatic carbocycles. The molecular formula is C18H20N2O7. The van der Waals surface area contributed by atoms with Crippen LogP contribution in [0.2, 0.25) is 0 Å². The molecule has 0 fully saturated rings. The van der Waals surface area contributed by atoms with Crippen molar-refractivity contribution in [1.29, 1.82) is 0 Å². The molecule has 9 heteroatoms. The Balaban J connectivity index is 0.000000314. The van der Waals surface area contributed by atoms with Crippen LogP contribution in [0, 0.1) is 0 Å². The molecule has 0 bridgehead atoms. The highest BCUT2D eigenvalue weighted by molar-refractivity contribution is 6.03. The smallest absolute Gasteiger partial charge is 0.335 e. The second-order valence-electron chi connectivity index (χ2n) is 6.00. The molecule has 0 spiro atoms. The summed E-state index contributed by atoms with van der Waals surface area (Å²) in [6, 6.07) is 7.31. The fourth-order valence-corrected chi connectivity index (χ4v) is 1.99. The van der Waals surface area contributed by atoms with Crippen LogP contribution in [0.15, 0.2) is 49.1 Å². The Labute approximate surface area is 155 Å². The second kappa shape index (κ2) is 9.51. The molecule has 27 heavy (non-hydrogen) atoms. The van der Waals surface area contributed by atoms with Crippen LogP contribution in [-0.2, 0) is 15.0 Å². The average Bonchev–Trinajstić information content (AvgIpc) is 2.67. The number of carbonyl (C=O) groups excluding carboxylic acids is 1. The number of Topliss-reactive ketones (excluding diaryl/α,β-unsaturated/α-hetero) is 1. The maximum Gasteiger partial charge on any atom is 0.335 e. The molecule has 0 unspecified atom stereocenters. The van der Waals surface area contributed by atoms with E-state index in [1.54, 1.807) is 36.9 Å². The van der Waals surface area contributed by atoms with Crippen molar-refractivity contribution in [3.05, 3.63) is 60.2 Å². The third-order valence-electron chi connectivity index (χ3n) is 3.68. The zero-order valence-electron chi connectivity index (χ0n) is 14.7. The lowest BCUT2D eigenvalue weighted by Crippen LogP contribution is -2.39. The lowest BCUT2D eigenvalue weighted by Gasteiger charge is -2.23. The van der Waals surface area contributed by atoms with Gasteiger partial charge in [0.15, 0.2) is 18.0 Å². The summed E-state index contributed by atoms with van der Waals surface area (Å²) in [5.41, 5.74) is 0.951. The van der Waals surface area contributed by atoms with E-state index in [9.17, 15) is 14.4 Å². The molecular weight excluding hydrogens is 356 g/mol. The fraction of sp³-hybridized carbons (Fsp3) is 0.278. The topological polar surface area (TPSA) is 158 Å². The number of aliphatic carboxylic acids is 2. The Morgan fingerprint density at radius 2 is 1.37 bits per heavy atom. The van der Waals surface area contributed by atoms with Gasteiger partial charge in [-0.1, -0.05) is 6.07 Å². The molecule has 144 valence electrons. The second-order valence-corrected chi connectivity index (χ2v) is 6.00. The summed E-state index contributed by atoms with van der Waals surface area (Å²) in [7, 11) is 0. The van der Waals surface area contributed by atoms with Crippen molar-refractivity contribution in [1.82, 2.24) is 9.97 Å². The molecule has 0 aromatic carbocycles. The Morgan fingerprint density at radius 3 is 1.74 bits per heavy atom. The number of rotatable bonds is 6. The Kier molecular flexibility index (Phi) is 7.70. The summed E-state index contributed by atoms with van der Waals surface area (Å²) in [5, 5.41) is 32.5. The highest BCUT2D eigenvalue weighted by atomic mass is 16.4. The predicted molar refractivity (Wildman–Crippen MR) is 93.1 cm³/mol. The van der Waals surface area contributed by atoms with Crippen molar-refractivity contribution >= 4 is 17.7 Å². The van der Waals surface area contributed by atoms with E-state index in [0.29, 0.717) is 5.56 Å². The van der Waals surface area contributed by atoms with Gasteiger partial charge in [-0.15, -0.1) is 0 Å². The first kappa shape index (κ1) is 21.9. The molecule has 0 saturated carbocycles. The maximum absolute atomic E-state index is 12.4. The number of ketones is 1. The van der Waals surface area contributed by atoms with E-state index in [0.717, 1.165) is 5.56 Å². The van der Waals surface area contributed by atoms with Crippen LogP contribution in [0.1, 0.15) is 29.8 Å². The third kappa shape index (κ3) is 5.94. The molecule has 4 N–H and O–H groups in total. The molecule has 2 rings (SSSR count). The van der Waals surface area contributed by atoms with Gasteiger partial charge in [-0.3, -0.25) is 14.8 Å². The first-order valence-corrected chi connectivity index (χ1v) is 7.76. The number of aliphatic hydroxyl groups excluding tert-OH is 2. The summed E-state index contributed by atoms with van der Waals surface area (Å²) < 4.78 is 0. The largest absolute Gasteiger partial charge is 0.479 e. The minimum absolute atomic E-state index is 0.0543. The van der Waals surface area contributed by atoms with Gasteiger partial charge < -0.3 is 20.4 Å². The van der Waals surface area contributed by atoms with Gasteiger partial charge >= 0.3 is 11.9 Å². The van der Waals surface area contributed by atoms with Gasteiger partial charge in [0.25, 0.3) is 0 Å². The quantitative estimate of drug-likeness (QED) is 0.527. The summed E-state index contributed by atoms with van der Waals surface area (Å²) in [4.78, 5) is 40.0. The summed E-state index contributed by atoms with van der Waals surface area (Å²) in [6.07, 6.45) is 2.16. The van der Waals surface area contributed by atoms with Gasteiger partial charge in [-0.05, 0) is 37.6 Å². The first-order valence-electron chi connectivity index (χ1n) is 7.76. The van der Waals surface area contributed by atoms with Crippen molar-refractivity contribution in [2.45, 2.75) is 31.5 Å². The summed E-state index contributed by atoms with van der Waals surface area (Å²) in [6.45, 7) is 3.80. The van der Waals surface area contributed by atoms with Gasteiger partial charge in [-0.25, -0.2) is 9.59 Å². The zero-order chi connectivity index (χ0) is 20.6. The van der Waals surface area contributed by atoms with Gasteiger partial charge in [0.05, 0.1) is 5.41 Å². The molecule has 2 aromatic heterocycles. The molecule has 0 radical (unpaired) electrons. The first-order chi connectivity index (χ1) is 12.6. The number of carbonyl (C=O) groups is 3. The van der Waals surface area contributed by atoms with Crippen molar-refractivity contribution in [3.63, 3.8) is 0 Å². The zero-order valence-corrected chi connectivity index (χ0v) is 14.7. The number of carboxylic acids is 2. The SMILES string of the molecule is CC(C)(C(=O)c1cccnc1)c1cccnc1.O=C(O)[C@H](O)[C@@H](O)C(=O)O. The summed E-state index contributed by atoms with van der Waals surface area (Å²) >= 11 is 0. The van der Waals surface area contributed by atoms with Crippen LogP contribution >= 0.6 is 0 Å². The number of hydrogen-bond donors (Lipinski definition) is 4. The fourth-order valence-electron chi connectivity index (χ4n) is 1.99. The minimum atomic E-state index is -2.27. The van der Waals surface area contributed by atoms with Crippen LogP contribution < -0.4 is 0 Å². The van der Waals surface area contributed by atoms with Crippen LogP contribution in [0.4, 0.5) is 0 Å². The van der Waals surface area contributed by atoms with Gasteiger partial charge in [0.1, 0.15) is 0 Å². The molecule has 2 atom stereocenters. The third-order valence-corrected chi connectivity index (χ3v) is 3.68. The van der Waals surface area contributed by atoms with Gasteiger partial charge in [-0.2, -0.15) is 0 Å². The van der Waals surface area contributed by atoms with E-state index in [1.807, 2.05) is 26.0 Å². The van der Waals surface area contributed by atoms with E-state index in [2.05, 4.69) is 9.97 Å². The van der Waals surface area contributed by atoms with Gasteiger partial charge in [0, 0.05) is 30.4 Å². The van der Waals surface area contributed by atoms with Crippen LogP contribution in [0.25, 0.3) is 0 Å². The van der Waals surface area contributed by atoms with E-state index in [-0.39, 0.29) is 5.78 Å². The predicted octanol–water partition coefficient (Wildman–Crippen LogP) is 0.514. The number of carboxylic acid groups (broad SMARTS) is 2. The lowest BCUT2D eigenvalue weighted by atomic mass is 9.79. The van der Waals surface area contributed by atoms with E-state index in [4.69, 9.17) is 20.4 Å². The monoisotopic (exact) mass is 376 g/mol. The summed E-state index contributed by atoms with van der Waals surface area (Å²) in [5.74, 6) is -3.48. The van der Waals surface area contributed by atoms with E-state index >= 15 is 0 Å². The highest BCUT2D eigenvalue weighted by Gasteiger charge is 2.31. The standard InChI is InChI=1S/C14H14N2O.C4H6O6/c1-14(2,12-6-4-8-16-10-12)13(17)11-5-3-7-15-9-11;5-1(3(7)8)2(6)4(9)10/h3-10H,1-2H3;1-2,5-6H,(H,7,8)(H,9,10)/t;1-,2-/m.1/s1. The number of pyridine rings is 2. The number of hydrogen-bond acceptors (Lipinski definition) is 7. The van der Waals surface area contributed by atoms with Crippen molar-refractivity contribution in [2.24, 2.45) is 0 Å². The number of aliphatic hydroxyl groups is 2. The highest BCUT2D eigenvalue weighted by Crippen LogP contribution is 2.26. The van der Waals surface area contributed by atoms with Crippen molar-refractivity contribution < 1.29 is 34.8 Å². The lowest BCUT2D eigenvalue weighted by molar-refractivity contribution is -0.165. The van der Waals surface area contributed by atoms with Crippen molar-refractivity contribution in [2.75, 3.05) is 0 Å². The van der Waals surface area contributed by atoms with E-state index in [1.165, 1.54) is 0 Å². The molecule has 0 amide bonds. The molecule has 0 saturated heterocycles. The number of aromatic nitrogens is 2. The number of nitrogens with zero attached hydrogens (tertiary/aromatic N) is 2. The Hall–Kier alpha value is -3.17. The Bertz CT molecular complexity index is 761. The van der Waals surface area contributed by atoms with Gasteiger partial charge in [0.2, 0.25) is 0 Å². The minimum Gasteiger partial charge on any atom is -0.479 e. The van der Waals surface area contributed by atoms with E-state index < -0.39 is 29.6 Å². The van der Waals surface area contributed by atoms with Crippen molar-refractivity contribution in [3.8, 4) is 0 Å². The Morgan fingerprint density at radius 1 is 0.889 bits per heavy atom. The molecule has 2 heterocycles. The normalized spacial score (nSPS) is 12.9. The van der Waals surface area contributed by atoms with Crippen LogP contribution in [0.5, 0.6) is 0 Å². The molecule has 0 aliphatic heterocycles. The molecule has 9 nitrogen and oxygen atoms in total. The molecule has 2 aromatic rings. The maximum atomic E-state index is 12.4.